The molecule has 0 aliphatic heterocycles. The van der Waals surface area contributed by atoms with E-state index in [0.717, 1.165) is 16.6 Å². The molecule has 1 aromatic heterocycles. The van der Waals surface area contributed by atoms with Crippen LogP contribution in [0.2, 0.25) is 0 Å². The van der Waals surface area contributed by atoms with E-state index in [1.165, 1.54) is 10.6 Å². The Labute approximate surface area is 155 Å². The van der Waals surface area contributed by atoms with Gasteiger partial charge in [-0.3, -0.25) is 0 Å². The molecule has 0 radical (unpaired) electrons. The maximum absolute atomic E-state index is 4.59. The van der Waals surface area contributed by atoms with Crippen molar-refractivity contribution in [2.45, 2.75) is 0 Å². The Hall–Kier alpha value is -2.18. The maximum atomic E-state index is 4.59. The van der Waals surface area contributed by atoms with E-state index in [1.807, 2.05) is 12.3 Å². The Morgan fingerprint density at radius 2 is 1.28 bits per heavy atom. The quantitative estimate of drug-likeness (QED) is 0.403. The number of pyridine rings is 1. The van der Waals surface area contributed by atoms with Gasteiger partial charge in [-0.25, -0.2) is 0 Å². The molecular weight excluding hydrogens is 390 g/mol. The number of nitrogens with zero attached hydrogens (tertiary/aromatic N) is 1. The van der Waals surface area contributed by atoms with Crippen LogP contribution in [0.4, 0.5) is 5.69 Å². The normalized spacial score (nSPS) is 11.4. The molecule has 1 heterocycles. The van der Waals surface area contributed by atoms with Crippen LogP contribution in [0.1, 0.15) is 0 Å². The van der Waals surface area contributed by atoms with E-state index in [2.05, 4.69) is 110 Å². The molecule has 0 saturated heterocycles. The van der Waals surface area contributed by atoms with Gasteiger partial charge < -0.3 is 0 Å². The van der Waals surface area contributed by atoms with Gasteiger partial charge in [0.2, 0.25) is 0 Å². The molecule has 0 aliphatic rings. The minimum atomic E-state index is -1.92. The Kier molecular flexibility index (Phi) is 4.55. The second-order valence-electron chi connectivity index (χ2n) is 5.77. The molecule has 0 fully saturated rings. The number of hydrogen-bond donors (Lipinski definition) is 1. The molecular formula is C21H17N2PSe. The van der Waals surface area contributed by atoms with E-state index in [4.69, 9.17) is 0 Å². The molecule has 2 nitrogen and oxygen atoms in total. The zero-order valence-electron chi connectivity index (χ0n) is 13.5. The SMILES string of the molecule is [Se]=P(Nc1cccc2cccnc12)(c1ccccc1)c1ccccc1. The van der Waals surface area contributed by atoms with Gasteiger partial charge in [0.25, 0.3) is 0 Å². The second kappa shape index (κ2) is 6.98. The molecule has 3 aromatic carbocycles. The number of aromatic nitrogens is 1. The van der Waals surface area contributed by atoms with Gasteiger partial charge in [0, 0.05) is 0 Å². The fourth-order valence-corrected chi connectivity index (χ4v) is 7.33. The van der Waals surface area contributed by atoms with Crippen molar-refractivity contribution in [2.75, 3.05) is 5.09 Å². The van der Waals surface area contributed by atoms with Crippen molar-refractivity contribution < 1.29 is 0 Å². The van der Waals surface area contributed by atoms with Crippen LogP contribution < -0.4 is 15.7 Å². The summed E-state index contributed by atoms with van der Waals surface area (Å²) in [6.07, 6.45) is 1.85. The van der Waals surface area contributed by atoms with Crippen molar-refractivity contribution in [3.05, 3.63) is 97.2 Å². The van der Waals surface area contributed by atoms with Crippen LogP contribution in [0.3, 0.4) is 0 Å². The van der Waals surface area contributed by atoms with Gasteiger partial charge in [-0.2, -0.15) is 0 Å². The molecule has 0 spiro atoms. The number of fused-ring (bicyclic) bond motifs is 1. The summed E-state index contributed by atoms with van der Waals surface area (Å²) in [5.74, 6) is 0. The average molecular weight is 407 g/mol. The Balaban J connectivity index is 1.89. The average Bonchev–Trinajstić information content (AvgIpc) is 2.69. The molecule has 0 amide bonds. The number of rotatable bonds is 4. The number of anilines is 1. The molecule has 0 bridgehead atoms. The Morgan fingerprint density at radius 1 is 0.680 bits per heavy atom. The van der Waals surface area contributed by atoms with Crippen LogP contribution in [0.25, 0.3) is 10.9 Å². The predicted molar refractivity (Wildman–Crippen MR) is 110 cm³/mol. The van der Waals surface area contributed by atoms with Crippen molar-refractivity contribution in [3.8, 4) is 0 Å². The van der Waals surface area contributed by atoms with Crippen LogP contribution in [0.5, 0.6) is 0 Å². The van der Waals surface area contributed by atoms with Gasteiger partial charge in [-0.15, -0.1) is 0 Å². The number of benzene rings is 3. The number of nitrogens with one attached hydrogen (secondary N) is 1. The topological polar surface area (TPSA) is 24.9 Å². The summed E-state index contributed by atoms with van der Waals surface area (Å²) in [6.45, 7) is 0. The minimum absolute atomic E-state index is 0.997. The van der Waals surface area contributed by atoms with Crippen LogP contribution in [-0.4, -0.2) is 20.1 Å². The first-order valence-corrected chi connectivity index (χ1v) is 12.1. The molecule has 1 N–H and O–H groups in total. The molecule has 0 aliphatic carbocycles. The molecule has 4 aromatic rings. The third-order valence-corrected chi connectivity index (χ3v) is 9.99. The summed E-state index contributed by atoms with van der Waals surface area (Å²) in [6, 6.07) is 31.5. The summed E-state index contributed by atoms with van der Waals surface area (Å²) in [4.78, 5) is 4.59. The van der Waals surface area contributed by atoms with Crippen molar-refractivity contribution in [3.63, 3.8) is 0 Å². The molecule has 0 atom stereocenters. The van der Waals surface area contributed by atoms with Gasteiger partial charge in [-0.1, -0.05) is 0 Å². The van der Waals surface area contributed by atoms with E-state index in [1.54, 1.807) is 0 Å². The van der Waals surface area contributed by atoms with Gasteiger partial charge in [0.15, 0.2) is 0 Å². The van der Waals surface area contributed by atoms with Gasteiger partial charge in [0.1, 0.15) is 0 Å². The van der Waals surface area contributed by atoms with Crippen LogP contribution in [0, 0.1) is 0 Å². The predicted octanol–water partition coefficient (Wildman–Crippen LogP) is 4.31. The first-order valence-electron chi connectivity index (χ1n) is 8.11. The summed E-state index contributed by atoms with van der Waals surface area (Å²) in [5, 5.41) is 7.51. The first kappa shape index (κ1) is 16.3. The Bertz CT molecular complexity index is 1000. The summed E-state index contributed by atoms with van der Waals surface area (Å²) in [7, 11) is 0. The van der Waals surface area contributed by atoms with E-state index in [0.29, 0.717) is 0 Å². The van der Waals surface area contributed by atoms with Crippen LogP contribution >= 0.6 is 5.66 Å². The zero-order valence-corrected chi connectivity index (χ0v) is 16.1. The fourth-order valence-electron chi connectivity index (χ4n) is 2.92. The van der Waals surface area contributed by atoms with Gasteiger partial charge in [-0.05, 0) is 0 Å². The summed E-state index contributed by atoms with van der Waals surface area (Å²) >= 11 is 3.51. The fraction of sp³-hybridized carbons (Fsp3) is 0. The van der Waals surface area contributed by atoms with Gasteiger partial charge >= 0.3 is 155 Å². The second-order valence-corrected chi connectivity index (χ2v) is 11.7. The summed E-state index contributed by atoms with van der Waals surface area (Å²) in [5.41, 5.74) is 0.135. The standard InChI is InChI=1S/C21H17N2PSe/c25-24(18-11-3-1-4-12-18,19-13-5-2-6-14-19)23-20-15-7-9-17-10-8-16-22-21(17)20/h1-16H,(H,23,25). The summed E-state index contributed by atoms with van der Waals surface area (Å²) < 4.78 is 0. The number of hydrogen-bond acceptors (Lipinski definition) is 2. The molecule has 4 rings (SSSR count). The monoisotopic (exact) mass is 408 g/mol. The van der Waals surface area contributed by atoms with E-state index < -0.39 is 5.66 Å². The number of para-hydroxylation sites is 1. The van der Waals surface area contributed by atoms with Crippen molar-refractivity contribution in [1.82, 2.24) is 4.98 Å². The molecule has 25 heavy (non-hydrogen) atoms. The van der Waals surface area contributed by atoms with Crippen molar-refractivity contribution in [2.24, 2.45) is 0 Å². The molecule has 0 unspecified atom stereocenters. The van der Waals surface area contributed by atoms with E-state index in [9.17, 15) is 0 Å². The Morgan fingerprint density at radius 3 is 1.92 bits per heavy atom. The zero-order chi connectivity index (χ0) is 17.1. The molecule has 4 heteroatoms. The third-order valence-electron chi connectivity index (χ3n) is 4.15. The van der Waals surface area contributed by atoms with Crippen molar-refractivity contribution >= 4 is 48.0 Å². The van der Waals surface area contributed by atoms with Crippen LogP contribution in [0.15, 0.2) is 97.2 Å². The molecule has 122 valence electrons. The van der Waals surface area contributed by atoms with Crippen molar-refractivity contribution in [1.29, 1.82) is 0 Å². The van der Waals surface area contributed by atoms with Crippen LogP contribution in [-0.2, 0) is 0 Å². The first-order chi connectivity index (χ1) is 12.3. The molecule has 0 saturated carbocycles. The van der Waals surface area contributed by atoms with E-state index in [-0.39, 0.29) is 0 Å². The van der Waals surface area contributed by atoms with E-state index >= 15 is 0 Å². The van der Waals surface area contributed by atoms with Gasteiger partial charge in [0.05, 0.1) is 0 Å². The third kappa shape index (κ3) is 3.19.